The third-order valence-corrected chi connectivity index (χ3v) is 4.98. The Balaban J connectivity index is 1.68. The molecule has 2 aromatic rings. The van der Waals surface area contributed by atoms with Gasteiger partial charge in [-0.2, -0.15) is 0 Å². The highest BCUT2D eigenvalue weighted by atomic mass is 16.5. The summed E-state index contributed by atoms with van der Waals surface area (Å²) < 4.78 is 11.6. The van der Waals surface area contributed by atoms with E-state index in [1.807, 2.05) is 49.9 Å². The summed E-state index contributed by atoms with van der Waals surface area (Å²) >= 11 is 0. The molecule has 2 heterocycles. The molecule has 0 saturated carbocycles. The molecular formula is C21H29N3O3. The van der Waals surface area contributed by atoms with Gasteiger partial charge in [0.1, 0.15) is 11.5 Å². The van der Waals surface area contributed by atoms with Gasteiger partial charge in [0.15, 0.2) is 0 Å². The summed E-state index contributed by atoms with van der Waals surface area (Å²) in [5, 5.41) is 0. The van der Waals surface area contributed by atoms with Gasteiger partial charge in [0.05, 0.1) is 17.9 Å². The van der Waals surface area contributed by atoms with Crippen molar-refractivity contribution in [2.75, 3.05) is 33.3 Å². The minimum Gasteiger partial charge on any atom is -0.493 e. The van der Waals surface area contributed by atoms with E-state index >= 15 is 0 Å². The first kappa shape index (κ1) is 19.4. The number of oxazole rings is 1. The second-order valence-electron chi connectivity index (χ2n) is 7.15. The zero-order valence-corrected chi connectivity index (χ0v) is 16.7. The minimum atomic E-state index is 0.267. The Hall–Kier alpha value is -2.34. The van der Waals surface area contributed by atoms with Crippen molar-refractivity contribution < 1.29 is 13.9 Å². The molecule has 1 aromatic carbocycles. The van der Waals surface area contributed by atoms with Gasteiger partial charge < -0.3 is 19.0 Å². The molecule has 1 amide bonds. The van der Waals surface area contributed by atoms with Crippen LogP contribution >= 0.6 is 0 Å². The maximum Gasteiger partial charge on any atom is 0.230 e. The zero-order valence-electron chi connectivity index (χ0n) is 16.7. The van der Waals surface area contributed by atoms with Gasteiger partial charge in [-0.05, 0) is 45.9 Å². The summed E-state index contributed by atoms with van der Waals surface area (Å²) in [5.74, 6) is 2.84. The van der Waals surface area contributed by atoms with Crippen LogP contribution in [-0.4, -0.2) is 54.0 Å². The number of ether oxygens (including phenoxy) is 1. The molecule has 0 spiro atoms. The van der Waals surface area contributed by atoms with Gasteiger partial charge in [-0.25, -0.2) is 4.98 Å². The number of aromatic nitrogens is 1. The van der Waals surface area contributed by atoms with Gasteiger partial charge in [0, 0.05) is 32.6 Å². The molecule has 1 saturated heterocycles. The quantitative estimate of drug-likeness (QED) is 0.712. The van der Waals surface area contributed by atoms with Crippen molar-refractivity contribution in [2.45, 2.75) is 33.7 Å². The number of hydrogen-bond donors (Lipinski definition) is 0. The summed E-state index contributed by atoms with van der Waals surface area (Å²) in [5.41, 5.74) is 1.80. The van der Waals surface area contributed by atoms with Crippen LogP contribution in [0.3, 0.4) is 0 Å². The van der Waals surface area contributed by atoms with Crippen LogP contribution in [0.15, 0.2) is 28.7 Å². The van der Waals surface area contributed by atoms with Crippen molar-refractivity contribution in [3.8, 4) is 17.2 Å². The van der Waals surface area contributed by atoms with E-state index in [0.29, 0.717) is 31.4 Å². The number of carbonyl (C=O) groups excluding carboxylic acids is 1. The van der Waals surface area contributed by atoms with E-state index in [2.05, 4.69) is 11.9 Å². The van der Waals surface area contributed by atoms with Crippen molar-refractivity contribution in [1.29, 1.82) is 0 Å². The summed E-state index contributed by atoms with van der Waals surface area (Å²) in [6.45, 7) is 9.76. The van der Waals surface area contributed by atoms with Gasteiger partial charge in [0.25, 0.3) is 0 Å². The van der Waals surface area contributed by atoms with Crippen molar-refractivity contribution in [3.05, 3.63) is 35.7 Å². The number of hydrogen-bond acceptors (Lipinski definition) is 5. The molecule has 27 heavy (non-hydrogen) atoms. The summed E-state index contributed by atoms with van der Waals surface area (Å²) in [4.78, 5) is 20.8. The molecule has 6 heteroatoms. The molecule has 1 aliphatic rings. The topological polar surface area (TPSA) is 58.8 Å². The fourth-order valence-corrected chi connectivity index (χ4v) is 3.66. The predicted octanol–water partition coefficient (Wildman–Crippen LogP) is 3.35. The minimum absolute atomic E-state index is 0.267. The Morgan fingerprint density at radius 2 is 2.11 bits per heavy atom. The first-order valence-electron chi connectivity index (χ1n) is 9.66. The number of para-hydroxylation sites is 1. The third-order valence-electron chi connectivity index (χ3n) is 4.98. The monoisotopic (exact) mass is 371 g/mol. The van der Waals surface area contributed by atoms with E-state index in [1.165, 1.54) is 0 Å². The molecular weight excluding hydrogens is 342 g/mol. The molecule has 1 aromatic heterocycles. The van der Waals surface area contributed by atoms with E-state index in [9.17, 15) is 4.79 Å². The van der Waals surface area contributed by atoms with Crippen LogP contribution in [0.2, 0.25) is 0 Å². The summed E-state index contributed by atoms with van der Waals surface area (Å²) in [7, 11) is 2.07. The van der Waals surface area contributed by atoms with Gasteiger partial charge >= 0.3 is 0 Å². The molecule has 0 N–H and O–H groups in total. The second kappa shape index (κ2) is 8.57. The van der Waals surface area contributed by atoms with Crippen LogP contribution in [0.25, 0.3) is 11.5 Å². The lowest BCUT2D eigenvalue weighted by atomic mass is 10.1. The number of amides is 1. The van der Waals surface area contributed by atoms with Crippen molar-refractivity contribution >= 4 is 5.91 Å². The fraction of sp³-hybridized carbons (Fsp3) is 0.524. The molecule has 146 valence electrons. The lowest BCUT2D eigenvalue weighted by Gasteiger charge is -2.20. The van der Waals surface area contributed by atoms with Gasteiger partial charge in [-0.3, -0.25) is 4.79 Å². The van der Waals surface area contributed by atoms with Crippen LogP contribution in [0.5, 0.6) is 5.75 Å². The maximum atomic E-state index is 11.9. The predicted molar refractivity (Wildman–Crippen MR) is 105 cm³/mol. The van der Waals surface area contributed by atoms with Crippen LogP contribution in [0.4, 0.5) is 0 Å². The Bertz CT molecular complexity index is 787. The van der Waals surface area contributed by atoms with Crippen LogP contribution in [0.1, 0.15) is 31.7 Å². The van der Waals surface area contributed by atoms with E-state index in [0.717, 1.165) is 42.4 Å². The van der Waals surface area contributed by atoms with Crippen LogP contribution in [-0.2, 0) is 11.3 Å². The first-order valence-corrected chi connectivity index (χ1v) is 9.66. The Morgan fingerprint density at radius 3 is 2.81 bits per heavy atom. The smallest absolute Gasteiger partial charge is 0.230 e. The Labute approximate surface area is 161 Å². The number of aryl methyl sites for hydroxylation is 1. The van der Waals surface area contributed by atoms with E-state index in [1.54, 1.807) is 0 Å². The normalized spacial score (nSPS) is 17.1. The molecule has 0 radical (unpaired) electrons. The summed E-state index contributed by atoms with van der Waals surface area (Å²) in [6.07, 6.45) is 0.642. The standard InChI is InChI=1S/C21H29N3O3/c1-5-24-13-16(11-20(24)25)12-23(4)14-18-15(3)27-21(22-18)17-9-7-8-10-19(17)26-6-2/h7-10,16H,5-6,11-14H2,1-4H3/t16-/m0/s1. The van der Waals surface area contributed by atoms with E-state index < -0.39 is 0 Å². The largest absolute Gasteiger partial charge is 0.493 e. The van der Waals surface area contributed by atoms with E-state index in [4.69, 9.17) is 14.1 Å². The highest BCUT2D eigenvalue weighted by molar-refractivity contribution is 5.78. The highest BCUT2D eigenvalue weighted by Crippen LogP contribution is 2.31. The fourth-order valence-electron chi connectivity index (χ4n) is 3.66. The Kier molecular flexibility index (Phi) is 6.16. The average molecular weight is 371 g/mol. The lowest BCUT2D eigenvalue weighted by molar-refractivity contribution is -0.127. The molecule has 0 aliphatic carbocycles. The number of benzene rings is 1. The third kappa shape index (κ3) is 4.50. The number of carbonyl (C=O) groups is 1. The van der Waals surface area contributed by atoms with Crippen LogP contribution < -0.4 is 4.74 Å². The van der Waals surface area contributed by atoms with E-state index in [-0.39, 0.29) is 5.91 Å². The SMILES string of the molecule is CCOc1ccccc1-c1nc(CN(C)C[C@@H]2CC(=O)N(CC)C2)c(C)o1. The number of nitrogens with zero attached hydrogens (tertiary/aromatic N) is 3. The number of rotatable bonds is 8. The molecule has 0 bridgehead atoms. The first-order chi connectivity index (χ1) is 13.0. The molecule has 6 nitrogen and oxygen atoms in total. The Morgan fingerprint density at radius 1 is 1.33 bits per heavy atom. The number of likely N-dealkylation sites (tertiary alicyclic amines) is 1. The van der Waals surface area contributed by atoms with Gasteiger partial charge in [-0.15, -0.1) is 0 Å². The average Bonchev–Trinajstić information content (AvgIpc) is 3.18. The molecule has 3 rings (SSSR count). The van der Waals surface area contributed by atoms with Crippen LogP contribution in [0, 0.1) is 12.8 Å². The lowest BCUT2D eigenvalue weighted by Crippen LogP contribution is -2.28. The molecule has 1 fully saturated rings. The van der Waals surface area contributed by atoms with Gasteiger partial charge in [0.2, 0.25) is 11.8 Å². The highest BCUT2D eigenvalue weighted by Gasteiger charge is 2.29. The van der Waals surface area contributed by atoms with Gasteiger partial charge in [-0.1, -0.05) is 12.1 Å². The zero-order chi connectivity index (χ0) is 19.4. The second-order valence-corrected chi connectivity index (χ2v) is 7.15. The van der Waals surface area contributed by atoms with Crippen molar-refractivity contribution in [2.24, 2.45) is 5.92 Å². The molecule has 1 atom stereocenters. The maximum absolute atomic E-state index is 11.9. The molecule has 0 unspecified atom stereocenters. The van der Waals surface area contributed by atoms with Crippen molar-refractivity contribution in [3.63, 3.8) is 0 Å². The van der Waals surface area contributed by atoms with Crippen molar-refractivity contribution in [1.82, 2.24) is 14.8 Å². The molecule has 1 aliphatic heterocycles. The summed E-state index contributed by atoms with van der Waals surface area (Å²) in [6, 6.07) is 7.80.